The average molecular weight is 412 g/mol. The van der Waals surface area contributed by atoms with Gasteiger partial charge in [-0.25, -0.2) is 0 Å². The molecular weight excluding hydrogens is 392 g/mol. The summed E-state index contributed by atoms with van der Waals surface area (Å²) >= 11 is 0.716. The van der Waals surface area contributed by atoms with Crippen LogP contribution in [0.4, 0.5) is 4.79 Å². The van der Waals surface area contributed by atoms with Gasteiger partial charge >= 0.3 is 0 Å². The van der Waals surface area contributed by atoms with Crippen LogP contribution in [0.2, 0.25) is 0 Å². The second-order valence-electron chi connectivity index (χ2n) is 6.89. The molecule has 0 saturated carbocycles. The van der Waals surface area contributed by atoms with Gasteiger partial charge in [0.1, 0.15) is 24.1 Å². The molecule has 1 atom stereocenters. The zero-order chi connectivity index (χ0) is 20.4. The molecule has 2 aliphatic rings. The normalized spacial score (nSPS) is 18.3. The van der Waals surface area contributed by atoms with Gasteiger partial charge in [-0.05, 0) is 36.2 Å². The zero-order valence-corrected chi connectivity index (χ0v) is 16.7. The lowest BCUT2D eigenvalue weighted by molar-refractivity contribution is -0.112. The van der Waals surface area contributed by atoms with Gasteiger partial charge in [0, 0.05) is 18.2 Å². The quantitative estimate of drug-likeness (QED) is 0.785. The maximum absolute atomic E-state index is 12.7. The van der Waals surface area contributed by atoms with Gasteiger partial charge in [0.2, 0.25) is 5.12 Å². The lowest BCUT2D eigenvalue weighted by Gasteiger charge is -2.29. The Morgan fingerprint density at radius 3 is 2.69 bits per heavy atom. The summed E-state index contributed by atoms with van der Waals surface area (Å²) in [4.78, 5) is 37.2. The van der Waals surface area contributed by atoms with Crippen LogP contribution in [0.1, 0.15) is 21.5 Å². The highest BCUT2D eigenvalue weighted by atomic mass is 32.2. The number of nitrogens with zero attached hydrogens (tertiary/aromatic N) is 1. The molecule has 2 aliphatic heterocycles. The van der Waals surface area contributed by atoms with Crippen molar-refractivity contribution >= 4 is 28.0 Å². The Labute approximate surface area is 172 Å². The molecule has 0 aliphatic carbocycles. The van der Waals surface area contributed by atoms with Crippen LogP contribution < -0.4 is 14.8 Å². The molecule has 2 aromatic carbocycles. The summed E-state index contributed by atoms with van der Waals surface area (Å²) in [7, 11) is 0. The van der Waals surface area contributed by atoms with Crippen molar-refractivity contribution in [3.05, 3.63) is 59.2 Å². The van der Waals surface area contributed by atoms with E-state index in [-0.39, 0.29) is 23.0 Å². The smallest absolute Gasteiger partial charge is 0.287 e. The summed E-state index contributed by atoms with van der Waals surface area (Å²) in [6.45, 7) is 2.85. The van der Waals surface area contributed by atoms with Gasteiger partial charge < -0.3 is 19.7 Å². The van der Waals surface area contributed by atoms with Gasteiger partial charge in [-0.2, -0.15) is 0 Å². The molecule has 2 amide bonds. The Morgan fingerprint density at radius 2 is 1.97 bits per heavy atom. The van der Waals surface area contributed by atoms with E-state index in [1.54, 1.807) is 11.0 Å². The number of benzene rings is 2. The van der Waals surface area contributed by atoms with Gasteiger partial charge in [0.25, 0.3) is 11.1 Å². The highest BCUT2D eigenvalue weighted by Crippen LogP contribution is 2.27. The number of ether oxygens (including phenoxy) is 2. The summed E-state index contributed by atoms with van der Waals surface area (Å²) in [5, 5.41) is 2.20. The van der Waals surface area contributed by atoms with Crippen molar-refractivity contribution in [2.45, 2.75) is 19.4 Å². The van der Waals surface area contributed by atoms with E-state index in [1.165, 1.54) is 0 Å². The van der Waals surface area contributed by atoms with Crippen molar-refractivity contribution < 1.29 is 23.9 Å². The molecule has 7 nitrogen and oxygen atoms in total. The largest absolute Gasteiger partial charge is 0.492 e. The summed E-state index contributed by atoms with van der Waals surface area (Å²) in [6, 6.07) is 12.5. The number of nitrogens with one attached hydrogen (secondary N) is 1. The Balaban J connectivity index is 1.29. The molecule has 0 aromatic heterocycles. The predicted molar refractivity (Wildman–Crippen MR) is 108 cm³/mol. The number of aryl methyl sites for hydroxylation is 1. The first kappa shape index (κ1) is 19.3. The molecule has 2 aromatic rings. The standard InChI is InChI=1S/C21H20N2O5S/c1-13-3-2-4-17-18(13)19(24)23(12-28-17)9-10-27-15-7-5-14(6-8-15)11-16-20(25)29-21(26)22-16/h2-8,16H,9-12H2,1H3,(H,22,26). The van der Waals surface area contributed by atoms with Gasteiger partial charge in [0.05, 0.1) is 12.1 Å². The number of amides is 2. The van der Waals surface area contributed by atoms with Crippen LogP contribution in [0.5, 0.6) is 11.5 Å². The van der Waals surface area contributed by atoms with Crippen molar-refractivity contribution in [2.75, 3.05) is 19.9 Å². The molecule has 1 saturated heterocycles. The third-order valence-electron chi connectivity index (χ3n) is 4.87. The van der Waals surface area contributed by atoms with Crippen molar-refractivity contribution in [3.8, 4) is 11.5 Å². The third-order valence-corrected chi connectivity index (χ3v) is 5.66. The van der Waals surface area contributed by atoms with E-state index in [4.69, 9.17) is 9.47 Å². The molecule has 0 spiro atoms. The second kappa shape index (κ2) is 8.16. The minimum Gasteiger partial charge on any atom is -0.492 e. The number of rotatable bonds is 6. The van der Waals surface area contributed by atoms with Crippen molar-refractivity contribution in [1.29, 1.82) is 0 Å². The van der Waals surface area contributed by atoms with Crippen LogP contribution in [0.15, 0.2) is 42.5 Å². The van der Waals surface area contributed by atoms with Gasteiger partial charge in [0.15, 0.2) is 6.73 Å². The Bertz CT molecular complexity index is 960. The number of hydrogen-bond donors (Lipinski definition) is 1. The second-order valence-corrected chi connectivity index (χ2v) is 7.87. The minimum absolute atomic E-state index is 0.0514. The maximum Gasteiger partial charge on any atom is 0.287 e. The van der Waals surface area contributed by atoms with Crippen LogP contribution in [0, 0.1) is 6.92 Å². The molecule has 2 heterocycles. The van der Waals surface area contributed by atoms with E-state index in [0.29, 0.717) is 48.4 Å². The monoisotopic (exact) mass is 412 g/mol. The van der Waals surface area contributed by atoms with Crippen LogP contribution in [0.3, 0.4) is 0 Å². The van der Waals surface area contributed by atoms with E-state index >= 15 is 0 Å². The van der Waals surface area contributed by atoms with Crippen molar-refractivity contribution in [3.63, 3.8) is 0 Å². The van der Waals surface area contributed by atoms with E-state index in [2.05, 4.69) is 5.32 Å². The molecule has 1 fully saturated rings. The van der Waals surface area contributed by atoms with E-state index in [9.17, 15) is 14.4 Å². The van der Waals surface area contributed by atoms with Crippen LogP contribution >= 0.6 is 11.8 Å². The van der Waals surface area contributed by atoms with Gasteiger partial charge in [-0.1, -0.05) is 24.3 Å². The van der Waals surface area contributed by atoms with Crippen LogP contribution in [-0.4, -0.2) is 47.1 Å². The highest BCUT2D eigenvalue weighted by molar-refractivity contribution is 8.26. The lowest BCUT2D eigenvalue weighted by Crippen LogP contribution is -2.41. The first-order chi connectivity index (χ1) is 14.0. The van der Waals surface area contributed by atoms with Crippen LogP contribution in [-0.2, 0) is 11.2 Å². The Morgan fingerprint density at radius 1 is 1.17 bits per heavy atom. The Hall–Kier alpha value is -3.00. The first-order valence-electron chi connectivity index (χ1n) is 9.27. The molecule has 8 heteroatoms. The third kappa shape index (κ3) is 4.22. The van der Waals surface area contributed by atoms with E-state index in [0.717, 1.165) is 11.1 Å². The van der Waals surface area contributed by atoms with E-state index < -0.39 is 6.04 Å². The molecule has 29 heavy (non-hydrogen) atoms. The molecule has 150 valence electrons. The zero-order valence-electron chi connectivity index (χ0n) is 15.8. The molecule has 1 unspecified atom stereocenters. The number of carbonyl (C=O) groups is 3. The number of carbonyl (C=O) groups excluding carboxylic acids is 3. The topological polar surface area (TPSA) is 84.9 Å². The summed E-state index contributed by atoms with van der Waals surface area (Å²) in [5.41, 5.74) is 2.43. The molecule has 4 rings (SSSR count). The predicted octanol–water partition coefficient (Wildman–Crippen LogP) is 2.76. The summed E-state index contributed by atoms with van der Waals surface area (Å²) in [6.07, 6.45) is 0.455. The van der Waals surface area contributed by atoms with Crippen LogP contribution in [0.25, 0.3) is 0 Å². The molecule has 1 N–H and O–H groups in total. The van der Waals surface area contributed by atoms with Crippen molar-refractivity contribution in [1.82, 2.24) is 10.2 Å². The van der Waals surface area contributed by atoms with E-state index in [1.807, 2.05) is 43.3 Å². The Kier molecular flexibility index (Phi) is 5.44. The number of hydrogen-bond acceptors (Lipinski definition) is 6. The van der Waals surface area contributed by atoms with Crippen molar-refractivity contribution in [2.24, 2.45) is 0 Å². The molecule has 0 bridgehead atoms. The number of thioether (sulfide) groups is 1. The fourth-order valence-corrected chi connectivity index (χ4v) is 3.99. The van der Waals surface area contributed by atoms with Gasteiger partial charge in [-0.15, -0.1) is 0 Å². The fraction of sp³-hybridized carbons (Fsp3) is 0.286. The molecular formula is C21H20N2O5S. The van der Waals surface area contributed by atoms with Gasteiger partial charge in [-0.3, -0.25) is 14.4 Å². The maximum atomic E-state index is 12.7. The first-order valence-corrected chi connectivity index (χ1v) is 10.1. The summed E-state index contributed by atoms with van der Waals surface area (Å²) in [5.74, 6) is 1.24. The highest BCUT2D eigenvalue weighted by Gasteiger charge is 2.31. The SMILES string of the molecule is Cc1cccc2c1C(=O)N(CCOc1ccc(CC3NC(=O)SC3=O)cc1)CO2. The minimum atomic E-state index is -0.476. The molecule has 0 radical (unpaired) electrons. The lowest BCUT2D eigenvalue weighted by atomic mass is 10.1. The fourth-order valence-electron chi connectivity index (χ4n) is 3.32. The summed E-state index contributed by atoms with van der Waals surface area (Å²) < 4.78 is 11.4. The number of fused-ring (bicyclic) bond motifs is 1. The average Bonchev–Trinajstić information content (AvgIpc) is 3.02.